The Morgan fingerprint density at radius 2 is 2.47 bits per heavy atom. The molecule has 17 heavy (non-hydrogen) atoms. The standard InChI is InChI=1S/C12H17ClN2O2/c1-15(8-9-3-2-6-14-7-9)12(16)10-4-5-11(13)17-10/h4-5,9,14H,2-3,6-8H2,1H3. The maximum Gasteiger partial charge on any atom is 0.289 e. The number of hydrogen-bond acceptors (Lipinski definition) is 3. The monoisotopic (exact) mass is 256 g/mol. The SMILES string of the molecule is CN(CC1CCCNC1)C(=O)c1ccc(Cl)o1. The van der Waals surface area contributed by atoms with E-state index >= 15 is 0 Å². The van der Waals surface area contributed by atoms with Crippen LogP contribution >= 0.6 is 11.6 Å². The number of nitrogens with one attached hydrogen (secondary N) is 1. The summed E-state index contributed by atoms with van der Waals surface area (Å²) in [6, 6.07) is 3.20. The van der Waals surface area contributed by atoms with Gasteiger partial charge in [-0.1, -0.05) is 0 Å². The third-order valence-corrected chi connectivity index (χ3v) is 3.26. The molecular formula is C12H17ClN2O2. The van der Waals surface area contributed by atoms with Gasteiger partial charge in [-0.3, -0.25) is 4.79 Å². The average molecular weight is 257 g/mol. The molecule has 0 aromatic carbocycles. The lowest BCUT2D eigenvalue weighted by atomic mass is 9.99. The summed E-state index contributed by atoms with van der Waals surface area (Å²) in [7, 11) is 1.80. The second-order valence-corrected chi connectivity index (χ2v) is 4.87. The summed E-state index contributed by atoms with van der Waals surface area (Å²) in [5, 5.41) is 3.59. The Hall–Kier alpha value is -1.00. The minimum Gasteiger partial charge on any atom is -0.440 e. The van der Waals surface area contributed by atoms with Gasteiger partial charge >= 0.3 is 0 Å². The van der Waals surface area contributed by atoms with Gasteiger partial charge in [0.1, 0.15) is 0 Å². The molecule has 0 aliphatic carbocycles. The number of piperidine rings is 1. The Morgan fingerprint density at radius 1 is 1.65 bits per heavy atom. The molecule has 1 unspecified atom stereocenters. The summed E-state index contributed by atoms with van der Waals surface area (Å²) in [6.45, 7) is 2.82. The number of nitrogens with zero attached hydrogens (tertiary/aromatic N) is 1. The lowest BCUT2D eigenvalue weighted by molar-refractivity contribution is 0.0733. The summed E-state index contributed by atoms with van der Waals surface area (Å²) < 4.78 is 5.11. The minimum atomic E-state index is -0.109. The molecule has 1 fully saturated rings. The minimum absolute atomic E-state index is 0.109. The highest BCUT2D eigenvalue weighted by atomic mass is 35.5. The van der Waals surface area contributed by atoms with Crippen LogP contribution in [-0.4, -0.2) is 37.5 Å². The fourth-order valence-corrected chi connectivity index (χ4v) is 2.31. The Balaban J connectivity index is 1.90. The lowest BCUT2D eigenvalue weighted by Gasteiger charge is -2.27. The van der Waals surface area contributed by atoms with Crippen molar-refractivity contribution in [1.82, 2.24) is 10.2 Å². The molecule has 5 heteroatoms. The zero-order valence-electron chi connectivity index (χ0n) is 9.91. The van der Waals surface area contributed by atoms with Crippen molar-refractivity contribution in [3.8, 4) is 0 Å². The van der Waals surface area contributed by atoms with Gasteiger partial charge in [-0.25, -0.2) is 0 Å². The first-order valence-electron chi connectivity index (χ1n) is 5.88. The summed E-state index contributed by atoms with van der Waals surface area (Å²) in [5.74, 6) is 0.729. The molecule has 2 rings (SSSR count). The van der Waals surface area contributed by atoms with Crippen LogP contribution in [0.15, 0.2) is 16.5 Å². The number of rotatable bonds is 3. The molecule has 0 saturated carbocycles. The number of halogens is 1. The van der Waals surface area contributed by atoms with E-state index in [1.807, 2.05) is 0 Å². The molecule has 1 amide bonds. The molecular weight excluding hydrogens is 240 g/mol. The molecule has 0 radical (unpaired) electrons. The van der Waals surface area contributed by atoms with Crippen LogP contribution in [0.3, 0.4) is 0 Å². The molecule has 1 aromatic rings. The number of carbonyl (C=O) groups excluding carboxylic acids is 1. The number of amides is 1. The van der Waals surface area contributed by atoms with Gasteiger partial charge in [-0.2, -0.15) is 0 Å². The van der Waals surface area contributed by atoms with Crippen LogP contribution in [0.2, 0.25) is 5.22 Å². The van der Waals surface area contributed by atoms with Crippen LogP contribution in [0.25, 0.3) is 0 Å². The van der Waals surface area contributed by atoms with Crippen molar-refractivity contribution >= 4 is 17.5 Å². The normalized spacial score (nSPS) is 20.2. The van der Waals surface area contributed by atoms with Crippen molar-refractivity contribution in [2.75, 3.05) is 26.7 Å². The van der Waals surface area contributed by atoms with Crippen LogP contribution in [0.4, 0.5) is 0 Å². The average Bonchev–Trinajstić information content (AvgIpc) is 2.76. The second-order valence-electron chi connectivity index (χ2n) is 4.50. The number of carbonyl (C=O) groups is 1. The van der Waals surface area contributed by atoms with Crippen LogP contribution in [0.5, 0.6) is 0 Å². The molecule has 1 aromatic heterocycles. The fraction of sp³-hybridized carbons (Fsp3) is 0.583. The van der Waals surface area contributed by atoms with Crippen LogP contribution in [-0.2, 0) is 0 Å². The van der Waals surface area contributed by atoms with E-state index in [1.54, 1.807) is 24.1 Å². The second kappa shape index (κ2) is 5.56. The van der Waals surface area contributed by atoms with Gasteiger partial charge in [0.25, 0.3) is 5.91 Å². The summed E-state index contributed by atoms with van der Waals surface area (Å²) in [4.78, 5) is 13.7. The van der Waals surface area contributed by atoms with Crippen molar-refractivity contribution < 1.29 is 9.21 Å². The molecule has 2 heterocycles. The van der Waals surface area contributed by atoms with Crippen molar-refractivity contribution in [3.63, 3.8) is 0 Å². The van der Waals surface area contributed by atoms with E-state index in [0.717, 1.165) is 19.6 Å². The van der Waals surface area contributed by atoms with Crippen molar-refractivity contribution in [2.24, 2.45) is 5.92 Å². The highest BCUT2D eigenvalue weighted by Gasteiger charge is 2.20. The van der Waals surface area contributed by atoms with Gasteiger partial charge in [-0.05, 0) is 55.6 Å². The maximum absolute atomic E-state index is 12.0. The van der Waals surface area contributed by atoms with E-state index in [-0.39, 0.29) is 11.1 Å². The van der Waals surface area contributed by atoms with E-state index in [4.69, 9.17) is 16.0 Å². The molecule has 0 spiro atoms. The van der Waals surface area contributed by atoms with Gasteiger partial charge in [-0.15, -0.1) is 0 Å². The van der Waals surface area contributed by atoms with Crippen LogP contribution in [0.1, 0.15) is 23.4 Å². The Kier molecular flexibility index (Phi) is 4.07. The Labute approximate surface area is 106 Å². The first-order valence-corrected chi connectivity index (χ1v) is 6.26. The third-order valence-electron chi connectivity index (χ3n) is 3.06. The van der Waals surface area contributed by atoms with E-state index in [1.165, 1.54) is 12.8 Å². The van der Waals surface area contributed by atoms with Crippen LogP contribution in [0, 0.1) is 5.92 Å². The maximum atomic E-state index is 12.0. The molecule has 4 nitrogen and oxygen atoms in total. The predicted octanol–water partition coefficient (Wildman–Crippen LogP) is 2.00. The lowest BCUT2D eigenvalue weighted by Crippen LogP contribution is -2.39. The van der Waals surface area contributed by atoms with Crippen molar-refractivity contribution in [3.05, 3.63) is 23.1 Å². The first-order chi connectivity index (χ1) is 8.16. The zero-order chi connectivity index (χ0) is 12.3. The molecule has 1 aliphatic rings. The van der Waals surface area contributed by atoms with Crippen LogP contribution < -0.4 is 5.32 Å². The van der Waals surface area contributed by atoms with E-state index < -0.39 is 0 Å². The Morgan fingerprint density at radius 3 is 3.06 bits per heavy atom. The highest BCUT2D eigenvalue weighted by Crippen LogP contribution is 2.16. The number of hydrogen-bond donors (Lipinski definition) is 1. The predicted molar refractivity (Wildman–Crippen MR) is 66.3 cm³/mol. The zero-order valence-corrected chi connectivity index (χ0v) is 10.7. The molecule has 1 N–H and O–H groups in total. The largest absolute Gasteiger partial charge is 0.440 e. The molecule has 1 saturated heterocycles. The van der Waals surface area contributed by atoms with Gasteiger partial charge in [0, 0.05) is 13.6 Å². The number of furan rings is 1. The molecule has 0 bridgehead atoms. The highest BCUT2D eigenvalue weighted by molar-refractivity contribution is 6.29. The van der Waals surface area contributed by atoms with Crippen molar-refractivity contribution in [2.45, 2.75) is 12.8 Å². The van der Waals surface area contributed by atoms with Gasteiger partial charge < -0.3 is 14.6 Å². The van der Waals surface area contributed by atoms with Gasteiger partial charge in [0.05, 0.1) is 0 Å². The third kappa shape index (κ3) is 3.23. The molecule has 94 valence electrons. The van der Waals surface area contributed by atoms with Crippen molar-refractivity contribution in [1.29, 1.82) is 0 Å². The summed E-state index contributed by atoms with van der Waals surface area (Å²) >= 11 is 5.65. The molecule has 1 atom stereocenters. The van der Waals surface area contributed by atoms with E-state index in [0.29, 0.717) is 11.7 Å². The Bertz CT molecular complexity index is 386. The topological polar surface area (TPSA) is 45.5 Å². The smallest absolute Gasteiger partial charge is 0.289 e. The fourth-order valence-electron chi connectivity index (χ4n) is 2.17. The van der Waals surface area contributed by atoms with E-state index in [2.05, 4.69) is 5.32 Å². The quantitative estimate of drug-likeness (QED) is 0.900. The molecule has 1 aliphatic heterocycles. The summed E-state index contributed by atoms with van der Waals surface area (Å²) in [6.07, 6.45) is 2.35. The van der Waals surface area contributed by atoms with Gasteiger partial charge in [0.15, 0.2) is 11.0 Å². The summed E-state index contributed by atoms with van der Waals surface area (Å²) in [5.41, 5.74) is 0. The first kappa shape index (κ1) is 12.5. The van der Waals surface area contributed by atoms with E-state index in [9.17, 15) is 4.79 Å². The van der Waals surface area contributed by atoms with Gasteiger partial charge in [0.2, 0.25) is 0 Å².